The van der Waals surface area contributed by atoms with Crippen LogP contribution in [0.1, 0.15) is 49.9 Å². The molecule has 1 aromatic carbocycles. The summed E-state index contributed by atoms with van der Waals surface area (Å²) in [5.74, 6) is -0.333. The Morgan fingerprint density at radius 3 is 2.60 bits per heavy atom. The molecule has 158 valence electrons. The topological polar surface area (TPSA) is 114 Å². The molecule has 0 spiro atoms. The maximum absolute atomic E-state index is 13.6. The van der Waals surface area contributed by atoms with Crippen molar-refractivity contribution in [2.24, 2.45) is 0 Å². The number of pyridine rings is 1. The highest BCUT2D eigenvalue weighted by atomic mass is 16.2. The van der Waals surface area contributed by atoms with E-state index < -0.39 is 11.2 Å². The number of nitrogens with zero attached hydrogens (tertiary/aromatic N) is 3. The Labute approximate surface area is 174 Å². The number of amides is 1. The third-order valence-corrected chi connectivity index (χ3v) is 5.08. The first-order valence-corrected chi connectivity index (χ1v) is 10.3. The highest BCUT2D eigenvalue weighted by Gasteiger charge is 2.26. The summed E-state index contributed by atoms with van der Waals surface area (Å²) in [5.41, 5.74) is 6.18. The van der Waals surface area contributed by atoms with Crippen LogP contribution in [0.3, 0.4) is 0 Å². The van der Waals surface area contributed by atoms with E-state index >= 15 is 0 Å². The highest BCUT2D eigenvalue weighted by Crippen LogP contribution is 2.24. The Balaban J connectivity index is 2.16. The number of nitrogens with one attached hydrogen (secondary N) is 1. The number of para-hydroxylation sites is 1. The number of aromatic nitrogens is 3. The normalized spacial score (nSPS) is 11.0. The smallest absolute Gasteiger partial charge is 0.330 e. The van der Waals surface area contributed by atoms with Crippen LogP contribution in [0, 0.1) is 0 Å². The molecule has 1 amide bonds. The third kappa shape index (κ3) is 4.12. The van der Waals surface area contributed by atoms with E-state index in [0.29, 0.717) is 36.0 Å². The maximum Gasteiger partial charge on any atom is 0.330 e. The van der Waals surface area contributed by atoms with Gasteiger partial charge in [-0.15, -0.1) is 0 Å². The fourth-order valence-electron chi connectivity index (χ4n) is 3.44. The van der Waals surface area contributed by atoms with Gasteiger partial charge in [0.15, 0.2) is 5.69 Å². The van der Waals surface area contributed by atoms with Crippen LogP contribution < -0.4 is 21.9 Å². The van der Waals surface area contributed by atoms with Crippen molar-refractivity contribution in [3.05, 3.63) is 62.9 Å². The predicted molar refractivity (Wildman–Crippen MR) is 119 cm³/mol. The lowest BCUT2D eigenvalue weighted by Gasteiger charge is -2.25. The van der Waals surface area contributed by atoms with Crippen LogP contribution in [0.25, 0.3) is 10.9 Å². The maximum atomic E-state index is 13.6. The second-order valence-electron chi connectivity index (χ2n) is 7.18. The van der Waals surface area contributed by atoms with E-state index in [2.05, 4.69) is 9.97 Å². The zero-order valence-corrected chi connectivity index (χ0v) is 17.4. The van der Waals surface area contributed by atoms with Gasteiger partial charge in [0.25, 0.3) is 11.5 Å². The Bertz CT molecular complexity index is 1160. The summed E-state index contributed by atoms with van der Waals surface area (Å²) in [6, 6.07) is 8.98. The minimum Gasteiger partial charge on any atom is -0.383 e. The van der Waals surface area contributed by atoms with Crippen molar-refractivity contribution in [3.8, 4) is 0 Å². The van der Waals surface area contributed by atoms with Crippen molar-refractivity contribution in [2.45, 2.75) is 46.1 Å². The largest absolute Gasteiger partial charge is 0.383 e. The number of unbranched alkanes of at least 4 members (excludes halogenated alkanes) is 2. The average Bonchev–Trinajstić information content (AvgIpc) is 2.74. The molecule has 0 saturated heterocycles. The van der Waals surface area contributed by atoms with E-state index in [1.165, 1.54) is 9.47 Å². The van der Waals surface area contributed by atoms with Crippen molar-refractivity contribution >= 4 is 28.3 Å². The first-order chi connectivity index (χ1) is 14.5. The number of carbonyl (C=O) groups is 1. The van der Waals surface area contributed by atoms with Crippen molar-refractivity contribution < 1.29 is 4.79 Å². The van der Waals surface area contributed by atoms with E-state index in [1.54, 1.807) is 12.3 Å². The Kier molecular flexibility index (Phi) is 6.66. The molecule has 0 radical (unpaired) electrons. The molecule has 8 nitrogen and oxygen atoms in total. The molecule has 0 bridgehead atoms. The number of nitrogens with two attached hydrogens (primary N) is 1. The van der Waals surface area contributed by atoms with Crippen molar-refractivity contribution in [2.75, 3.05) is 17.2 Å². The van der Waals surface area contributed by atoms with Gasteiger partial charge in [0.2, 0.25) is 0 Å². The van der Waals surface area contributed by atoms with Crippen LogP contribution in [-0.4, -0.2) is 27.0 Å². The second kappa shape index (κ2) is 9.39. The van der Waals surface area contributed by atoms with Crippen LogP contribution in [0.15, 0.2) is 46.1 Å². The molecule has 3 rings (SSSR count). The average molecular weight is 409 g/mol. The summed E-state index contributed by atoms with van der Waals surface area (Å²) >= 11 is 0. The molecule has 0 atom stereocenters. The Morgan fingerprint density at radius 1 is 1.13 bits per heavy atom. The van der Waals surface area contributed by atoms with E-state index in [9.17, 15) is 14.4 Å². The molecule has 0 unspecified atom stereocenters. The number of H-pyrrole nitrogens is 1. The van der Waals surface area contributed by atoms with E-state index in [1.807, 2.05) is 38.1 Å². The number of hydrogen-bond acceptors (Lipinski definition) is 5. The molecule has 2 aromatic heterocycles. The predicted octanol–water partition coefficient (Wildman–Crippen LogP) is 2.91. The van der Waals surface area contributed by atoms with Crippen LogP contribution in [0.5, 0.6) is 0 Å². The Hall–Kier alpha value is -3.42. The number of hydrogen-bond donors (Lipinski definition) is 2. The number of aromatic amines is 1. The third-order valence-electron chi connectivity index (χ3n) is 5.08. The lowest BCUT2D eigenvalue weighted by molar-refractivity contribution is 0.0987. The summed E-state index contributed by atoms with van der Waals surface area (Å²) in [4.78, 5) is 46.6. The number of fused-ring (bicyclic) bond motifs is 1. The van der Waals surface area contributed by atoms with Crippen molar-refractivity contribution in [1.29, 1.82) is 0 Å². The summed E-state index contributed by atoms with van der Waals surface area (Å²) in [5, 5.41) is 0.695. The zero-order valence-electron chi connectivity index (χ0n) is 17.4. The Morgan fingerprint density at radius 2 is 1.87 bits per heavy atom. The molecule has 0 fully saturated rings. The minimum absolute atomic E-state index is 0.0139. The molecular weight excluding hydrogens is 382 g/mol. The van der Waals surface area contributed by atoms with Crippen molar-refractivity contribution in [1.82, 2.24) is 14.5 Å². The zero-order chi connectivity index (χ0) is 21.7. The van der Waals surface area contributed by atoms with Crippen LogP contribution >= 0.6 is 0 Å². The molecular formula is C22H27N5O3. The fourth-order valence-corrected chi connectivity index (χ4v) is 3.44. The van der Waals surface area contributed by atoms with Gasteiger partial charge in [0.1, 0.15) is 5.82 Å². The molecule has 2 heterocycles. The van der Waals surface area contributed by atoms with Crippen LogP contribution in [-0.2, 0) is 6.54 Å². The quantitative estimate of drug-likeness (QED) is 0.594. The van der Waals surface area contributed by atoms with Crippen molar-refractivity contribution in [3.63, 3.8) is 0 Å². The van der Waals surface area contributed by atoms with Crippen LogP contribution in [0.2, 0.25) is 0 Å². The van der Waals surface area contributed by atoms with Gasteiger partial charge in [-0.2, -0.15) is 0 Å². The van der Waals surface area contributed by atoms with Gasteiger partial charge in [0, 0.05) is 24.7 Å². The molecule has 30 heavy (non-hydrogen) atoms. The monoisotopic (exact) mass is 409 g/mol. The summed E-state index contributed by atoms with van der Waals surface area (Å²) < 4.78 is 1.33. The lowest BCUT2D eigenvalue weighted by Crippen LogP contribution is -2.41. The number of benzene rings is 1. The number of anilines is 2. The van der Waals surface area contributed by atoms with Gasteiger partial charge < -0.3 is 10.6 Å². The molecule has 3 aromatic rings. The lowest BCUT2D eigenvalue weighted by atomic mass is 10.1. The van der Waals surface area contributed by atoms with Crippen LogP contribution in [0.4, 0.5) is 11.5 Å². The molecule has 0 aliphatic rings. The van der Waals surface area contributed by atoms with Gasteiger partial charge in [-0.3, -0.25) is 24.1 Å². The van der Waals surface area contributed by atoms with E-state index in [-0.39, 0.29) is 17.4 Å². The molecule has 0 aliphatic carbocycles. The van der Waals surface area contributed by atoms with Gasteiger partial charge >= 0.3 is 5.69 Å². The molecule has 3 N–H and O–H groups in total. The second-order valence-corrected chi connectivity index (χ2v) is 7.18. The van der Waals surface area contributed by atoms with Gasteiger partial charge in [-0.1, -0.05) is 44.9 Å². The highest BCUT2D eigenvalue weighted by molar-refractivity contribution is 6.14. The van der Waals surface area contributed by atoms with Gasteiger partial charge in [0.05, 0.1) is 11.1 Å². The number of rotatable bonds is 8. The first kappa shape index (κ1) is 21.3. The summed E-state index contributed by atoms with van der Waals surface area (Å²) in [7, 11) is 0. The minimum atomic E-state index is -0.659. The first-order valence-electron chi connectivity index (χ1n) is 10.3. The number of nitrogen functional groups attached to an aromatic ring is 1. The SMILES string of the molecule is CCCCN(C(=O)c1ccnc2ccccc12)c1c(N)n(CCCC)c(=O)[nH]c1=O. The summed E-state index contributed by atoms with van der Waals surface area (Å²) in [6.45, 7) is 4.68. The van der Waals surface area contributed by atoms with E-state index in [0.717, 1.165) is 19.3 Å². The molecule has 0 saturated carbocycles. The molecule has 8 heteroatoms. The number of carbonyl (C=O) groups excluding carboxylic acids is 1. The van der Waals surface area contributed by atoms with Gasteiger partial charge in [-0.05, 0) is 25.0 Å². The summed E-state index contributed by atoms with van der Waals surface area (Å²) in [6.07, 6.45) is 4.68. The fraction of sp³-hybridized carbons (Fsp3) is 0.364. The standard InChI is InChI=1S/C22H27N5O3/c1-3-5-13-26(18-19(23)27(14-6-4-2)22(30)25-20(18)28)21(29)16-11-12-24-17-10-8-7-9-15(16)17/h7-12H,3-6,13-14,23H2,1-2H3,(H,25,28,30). The van der Waals surface area contributed by atoms with Gasteiger partial charge in [-0.25, -0.2) is 4.79 Å². The van der Waals surface area contributed by atoms with E-state index in [4.69, 9.17) is 5.73 Å². The molecule has 0 aliphatic heterocycles.